The number of piperazine rings is 1. The quantitative estimate of drug-likeness (QED) is 0.636. The van der Waals surface area contributed by atoms with E-state index in [4.69, 9.17) is 0 Å². The number of para-hydroxylation sites is 1. The lowest BCUT2D eigenvalue weighted by Gasteiger charge is -2.44. The Morgan fingerprint density at radius 1 is 0.969 bits per heavy atom. The maximum Gasteiger partial charge on any atom is 0.253 e. The second kappa shape index (κ2) is 9.17. The number of anilines is 1. The van der Waals surface area contributed by atoms with Gasteiger partial charge in [0.15, 0.2) is 0 Å². The summed E-state index contributed by atoms with van der Waals surface area (Å²) in [6, 6.07) is 18.8. The van der Waals surface area contributed by atoms with E-state index in [9.17, 15) is 4.79 Å². The molecule has 5 rings (SSSR count). The van der Waals surface area contributed by atoms with Crippen LogP contribution >= 0.6 is 0 Å². The van der Waals surface area contributed by atoms with Crippen molar-refractivity contribution in [2.24, 2.45) is 0 Å². The van der Waals surface area contributed by atoms with Crippen LogP contribution in [0.15, 0.2) is 67.0 Å². The smallest absolute Gasteiger partial charge is 0.253 e. The van der Waals surface area contributed by atoms with Gasteiger partial charge in [0.1, 0.15) is 0 Å². The Morgan fingerprint density at radius 2 is 1.81 bits per heavy atom. The maximum atomic E-state index is 13.3. The van der Waals surface area contributed by atoms with Gasteiger partial charge in [-0.2, -0.15) is 5.10 Å². The van der Waals surface area contributed by atoms with Crippen molar-refractivity contribution in [3.05, 3.63) is 78.1 Å². The molecule has 2 aliphatic rings. The average Bonchev–Trinajstić information content (AvgIpc) is 3.39. The Morgan fingerprint density at radius 3 is 2.59 bits per heavy atom. The Balaban J connectivity index is 1.22. The first-order valence-electron chi connectivity index (χ1n) is 11.6. The predicted molar refractivity (Wildman–Crippen MR) is 127 cm³/mol. The van der Waals surface area contributed by atoms with Crippen LogP contribution in [0.5, 0.6) is 0 Å². The van der Waals surface area contributed by atoms with E-state index in [1.807, 2.05) is 41.4 Å². The molecule has 1 unspecified atom stereocenters. The van der Waals surface area contributed by atoms with Crippen LogP contribution in [0.1, 0.15) is 28.8 Å². The van der Waals surface area contributed by atoms with Gasteiger partial charge in [0, 0.05) is 69.0 Å². The van der Waals surface area contributed by atoms with Crippen molar-refractivity contribution in [3.63, 3.8) is 0 Å². The van der Waals surface area contributed by atoms with Gasteiger partial charge < -0.3 is 9.80 Å². The van der Waals surface area contributed by atoms with Crippen LogP contribution in [0.3, 0.4) is 0 Å². The van der Waals surface area contributed by atoms with Crippen LogP contribution in [0.25, 0.3) is 5.69 Å². The average molecular weight is 430 g/mol. The summed E-state index contributed by atoms with van der Waals surface area (Å²) >= 11 is 0. The number of benzene rings is 2. The van der Waals surface area contributed by atoms with Crippen LogP contribution in [-0.2, 0) is 0 Å². The molecule has 32 heavy (non-hydrogen) atoms. The van der Waals surface area contributed by atoms with Crippen LogP contribution < -0.4 is 4.90 Å². The molecule has 0 N–H and O–H groups in total. The summed E-state index contributed by atoms with van der Waals surface area (Å²) in [5.74, 6) is 0.127. The van der Waals surface area contributed by atoms with E-state index in [-0.39, 0.29) is 5.91 Å². The Labute approximate surface area is 190 Å². The summed E-state index contributed by atoms with van der Waals surface area (Å²) in [6.07, 6.45) is 5.88. The lowest BCUT2D eigenvalue weighted by atomic mass is 10.0. The van der Waals surface area contributed by atoms with Crippen LogP contribution in [0, 0.1) is 6.92 Å². The zero-order chi connectivity index (χ0) is 21.9. The number of aromatic nitrogens is 2. The number of rotatable bonds is 4. The number of carbonyl (C=O) groups is 1. The minimum atomic E-state index is 0.127. The summed E-state index contributed by atoms with van der Waals surface area (Å²) in [5, 5.41) is 4.29. The van der Waals surface area contributed by atoms with Crippen molar-refractivity contribution >= 4 is 11.6 Å². The van der Waals surface area contributed by atoms with Gasteiger partial charge in [-0.25, -0.2) is 4.68 Å². The molecule has 0 radical (unpaired) electrons. The highest BCUT2D eigenvalue weighted by atomic mass is 16.2. The summed E-state index contributed by atoms with van der Waals surface area (Å²) in [4.78, 5) is 20.4. The summed E-state index contributed by atoms with van der Waals surface area (Å²) in [5.41, 5.74) is 4.35. The third-order valence-electron chi connectivity index (χ3n) is 6.83. The van der Waals surface area contributed by atoms with Crippen LogP contribution in [0.4, 0.5) is 5.69 Å². The van der Waals surface area contributed by atoms with Gasteiger partial charge in [0.25, 0.3) is 5.91 Å². The highest BCUT2D eigenvalue weighted by Crippen LogP contribution is 2.24. The topological polar surface area (TPSA) is 44.6 Å². The summed E-state index contributed by atoms with van der Waals surface area (Å²) in [7, 11) is 0. The molecule has 1 amide bonds. The fraction of sp³-hybridized carbons (Fsp3) is 0.385. The van der Waals surface area contributed by atoms with Crippen molar-refractivity contribution < 1.29 is 4.79 Å². The van der Waals surface area contributed by atoms with Gasteiger partial charge >= 0.3 is 0 Å². The van der Waals surface area contributed by atoms with Crippen molar-refractivity contribution in [1.29, 1.82) is 0 Å². The standard InChI is InChI=1S/C26H31N5O/c1-21-7-2-3-11-25(21)29-17-15-28(16-18-29)24-10-5-13-30(20-24)26(32)22-8-4-9-23(19-22)31-14-6-12-27-31/h2-4,6-9,11-12,14,19,24H,5,10,13,15-18,20H2,1H3. The Bertz CT molecular complexity index is 1060. The first-order chi connectivity index (χ1) is 15.7. The summed E-state index contributed by atoms with van der Waals surface area (Å²) in [6.45, 7) is 8.03. The van der Waals surface area contributed by atoms with Crippen LogP contribution in [-0.4, -0.2) is 70.8 Å². The van der Waals surface area contributed by atoms with Gasteiger partial charge in [0.05, 0.1) is 5.69 Å². The third kappa shape index (κ3) is 4.28. The number of nitrogens with zero attached hydrogens (tertiary/aromatic N) is 5. The van der Waals surface area contributed by atoms with E-state index in [0.717, 1.165) is 56.9 Å². The molecular weight excluding hydrogens is 398 g/mol. The van der Waals surface area contributed by atoms with Crippen molar-refractivity contribution in [3.8, 4) is 5.69 Å². The zero-order valence-corrected chi connectivity index (χ0v) is 18.7. The zero-order valence-electron chi connectivity index (χ0n) is 18.7. The molecule has 6 nitrogen and oxygen atoms in total. The molecule has 0 spiro atoms. The normalized spacial score (nSPS) is 19.8. The van der Waals surface area contributed by atoms with E-state index < -0.39 is 0 Å². The molecule has 0 saturated carbocycles. The van der Waals surface area contributed by atoms with E-state index in [1.165, 1.54) is 17.7 Å². The fourth-order valence-electron chi connectivity index (χ4n) is 5.07. The molecule has 2 saturated heterocycles. The lowest BCUT2D eigenvalue weighted by Crippen LogP contribution is -2.56. The first-order valence-corrected chi connectivity index (χ1v) is 11.6. The number of likely N-dealkylation sites (tertiary alicyclic amines) is 1. The monoisotopic (exact) mass is 429 g/mol. The van der Waals surface area contributed by atoms with Crippen LogP contribution in [0.2, 0.25) is 0 Å². The largest absolute Gasteiger partial charge is 0.369 e. The second-order valence-electron chi connectivity index (χ2n) is 8.86. The second-order valence-corrected chi connectivity index (χ2v) is 8.86. The molecule has 1 atom stereocenters. The molecule has 0 bridgehead atoms. The number of hydrogen-bond donors (Lipinski definition) is 0. The minimum Gasteiger partial charge on any atom is -0.369 e. The number of amides is 1. The Kier molecular flexibility index (Phi) is 5.95. The molecule has 6 heteroatoms. The first kappa shape index (κ1) is 20.8. The van der Waals surface area contributed by atoms with E-state index in [0.29, 0.717) is 6.04 Å². The summed E-state index contributed by atoms with van der Waals surface area (Å²) < 4.78 is 1.80. The van der Waals surface area contributed by atoms with Gasteiger partial charge in [-0.3, -0.25) is 9.69 Å². The van der Waals surface area contributed by atoms with E-state index >= 15 is 0 Å². The van der Waals surface area contributed by atoms with Gasteiger partial charge in [0.2, 0.25) is 0 Å². The molecule has 3 aromatic rings. The van der Waals surface area contributed by atoms with Gasteiger partial charge in [-0.15, -0.1) is 0 Å². The molecule has 2 aromatic carbocycles. The van der Waals surface area contributed by atoms with Crippen molar-refractivity contribution in [2.75, 3.05) is 44.2 Å². The number of hydrogen-bond acceptors (Lipinski definition) is 4. The highest BCUT2D eigenvalue weighted by Gasteiger charge is 2.30. The van der Waals surface area contributed by atoms with Gasteiger partial charge in [-0.1, -0.05) is 24.3 Å². The molecule has 1 aromatic heterocycles. The molecule has 166 valence electrons. The number of piperidine rings is 1. The lowest BCUT2D eigenvalue weighted by molar-refractivity contribution is 0.0563. The minimum absolute atomic E-state index is 0.127. The maximum absolute atomic E-state index is 13.3. The van der Waals surface area contributed by atoms with E-state index in [2.05, 4.69) is 46.1 Å². The number of aryl methyl sites for hydroxylation is 1. The molecule has 2 aliphatic heterocycles. The van der Waals surface area contributed by atoms with Gasteiger partial charge in [-0.05, 0) is 55.7 Å². The fourth-order valence-corrected chi connectivity index (χ4v) is 5.07. The highest BCUT2D eigenvalue weighted by molar-refractivity contribution is 5.94. The Hall–Kier alpha value is -3.12. The molecule has 0 aliphatic carbocycles. The van der Waals surface area contributed by atoms with Crippen molar-refractivity contribution in [1.82, 2.24) is 19.6 Å². The molecule has 3 heterocycles. The number of carbonyl (C=O) groups excluding carboxylic acids is 1. The van der Waals surface area contributed by atoms with Crippen molar-refractivity contribution in [2.45, 2.75) is 25.8 Å². The van der Waals surface area contributed by atoms with E-state index in [1.54, 1.807) is 10.9 Å². The third-order valence-corrected chi connectivity index (χ3v) is 6.83. The molecule has 2 fully saturated rings. The molecular formula is C26H31N5O. The SMILES string of the molecule is Cc1ccccc1N1CCN(C2CCCN(C(=O)c3cccc(-n4cccn4)c3)C2)CC1. The predicted octanol–water partition coefficient (Wildman–Crippen LogP) is 3.61.